The van der Waals surface area contributed by atoms with Crippen LogP contribution in [-0.2, 0) is 22.6 Å². The van der Waals surface area contributed by atoms with Crippen LogP contribution in [0.5, 0.6) is 5.75 Å². The van der Waals surface area contributed by atoms with E-state index in [4.69, 9.17) is 4.74 Å². The summed E-state index contributed by atoms with van der Waals surface area (Å²) in [5.74, 6) is 1.14. The number of hydrogen-bond acceptors (Lipinski definition) is 3. The highest BCUT2D eigenvalue weighted by molar-refractivity contribution is 5.87. The van der Waals surface area contributed by atoms with Gasteiger partial charge in [-0.2, -0.15) is 0 Å². The number of piperidine rings is 1. The molecule has 0 spiro atoms. The molecule has 0 radical (unpaired) electrons. The van der Waals surface area contributed by atoms with E-state index in [2.05, 4.69) is 25.6 Å². The zero-order chi connectivity index (χ0) is 18.5. The van der Waals surface area contributed by atoms with Crippen LogP contribution in [0.25, 0.3) is 0 Å². The molecule has 2 amide bonds. The Kier molecular flexibility index (Phi) is 5.96. The van der Waals surface area contributed by atoms with Crippen LogP contribution in [0.1, 0.15) is 37.3 Å². The topological polar surface area (TPSA) is 49.9 Å². The second-order valence-electron chi connectivity index (χ2n) is 7.09. The van der Waals surface area contributed by atoms with Crippen LogP contribution in [0.15, 0.2) is 30.9 Å². The van der Waals surface area contributed by atoms with Crippen molar-refractivity contribution in [2.75, 3.05) is 26.2 Å². The zero-order valence-corrected chi connectivity index (χ0v) is 15.6. The minimum atomic E-state index is -0.0381. The van der Waals surface area contributed by atoms with Gasteiger partial charge < -0.3 is 14.5 Å². The molecule has 0 aromatic heterocycles. The molecule has 0 unspecified atom stereocenters. The molecule has 1 saturated heterocycles. The molecule has 2 aliphatic heterocycles. The Balaban J connectivity index is 1.58. The molecule has 140 valence electrons. The van der Waals surface area contributed by atoms with Crippen molar-refractivity contribution in [2.24, 2.45) is 5.92 Å². The Morgan fingerprint density at radius 1 is 1.19 bits per heavy atom. The van der Waals surface area contributed by atoms with E-state index in [9.17, 15) is 9.59 Å². The lowest BCUT2D eigenvalue weighted by Crippen LogP contribution is -2.45. The molecule has 0 N–H and O–H groups in total. The molecule has 5 heteroatoms. The largest absolute Gasteiger partial charge is 0.494 e. The van der Waals surface area contributed by atoms with E-state index in [0.29, 0.717) is 19.6 Å². The van der Waals surface area contributed by atoms with Crippen LogP contribution < -0.4 is 4.74 Å². The van der Waals surface area contributed by atoms with Crippen LogP contribution >= 0.6 is 0 Å². The number of likely N-dealkylation sites (tertiary alicyclic amines) is 1. The molecule has 26 heavy (non-hydrogen) atoms. The maximum atomic E-state index is 12.9. The SMILES string of the molecule is C=CC(=O)N1CCC(C(=O)N2CCc3cc(OCCC)ccc3C2)CC1. The van der Waals surface area contributed by atoms with Crippen LogP contribution in [-0.4, -0.2) is 47.9 Å². The lowest BCUT2D eigenvalue weighted by Gasteiger charge is -2.36. The number of fused-ring (bicyclic) bond motifs is 1. The van der Waals surface area contributed by atoms with Crippen LogP contribution in [0.2, 0.25) is 0 Å². The van der Waals surface area contributed by atoms with Crippen molar-refractivity contribution in [3.8, 4) is 5.75 Å². The van der Waals surface area contributed by atoms with Gasteiger partial charge >= 0.3 is 0 Å². The molecular weight excluding hydrogens is 328 g/mol. The monoisotopic (exact) mass is 356 g/mol. The van der Waals surface area contributed by atoms with Crippen LogP contribution in [0.4, 0.5) is 0 Å². The predicted octanol–water partition coefficient (Wildman–Crippen LogP) is 2.78. The van der Waals surface area contributed by atoms with Crippen LogP contribution in [0, 0.1) is 5.92 Å². The Hall–Kier alpha value is -2.30. The molecule has 1 fully saturated rings. The van der Waals surface area contributed by atoms with Gasteiger partial charge in [-0.1, -0.05) is 19.6 Å². The smallest absolute Gasteiger partial charge is 0.245 e. The van der Waals surface area contributed by atoms with E-state index in [1.54, 1.807) is 4.90 Å². The van der Waals surface area contributed by atoms with Crippen molar-refractivity contribution in [1.82, 2.24) is 9.80 Å². The van der Waals surface area contributed by atoms with E-state index in [1.807, 2.05) is 11.0 Å². The Morgan fingerprint density at radius 2 is 1.96 bits per heavy atom. The second-order valence-corrected chi connectivity index (χ2v) is 7.09. The molecular formula is C21H28N2O3. The second kappa shape index (κ2) is 8.39. The number of benzene rings is 1. The quantitative estimate of drug-likeness (QED) is 0.762. The summed E-state index contributed by atoms with van der Waals surface area (Å²) in [5.41, 5.74) is 2.50. The summed E-state index contributed by atoms with van der Waals surface area (Å²) in [6, 6.07) is 6.21. The molecule has 1 aromatic rings. The average molecular weight is 356 g/mol. The number of rotatable bonds is 5. The molecule has 1 aromatic carbocycles. The number of amides is 2. The number of nitrogens with zero attached hydrogens (tertiary/aromatic N) is 2. The molecule has 3 rings (SSSR count). The molecule has 5 nitrogen and oxygen atoms in total. The van der Waals surface area contributed by atoms with Crippen LogP contribution in [0.3, 0.4) is 0 Å². The highest BCUT2D eigenvalue weighted by Crippen LogP contribution is 2.27. The van der Waals surface area contributed by atoms with Gasteiger partial charge in [0.25, 0.3) is 0 Å². The fourth-order valence-corrected chi connectivity index (χ4v) is 3.76. The van der Waals surface area contributed by atoms with Gasteiger partial charge in [-0.15, -0.1) is 0 Å². The Morgan fingerprint density at radius 3 is 2.65 bits per heavy atom. The Bertz CT molecular complexity index is 678. The van der Waals surface area contributed by atoms with Crippen molar-refractivity contribution in [3.63, 3.8) is 0 Å². The standard InChI is InChI=1S/C21H28N2O3/c1-3-13-26-19-6-5-18-15-23(12-9-17(18)14-19)21(25)16-7-10-22(11-8-16)20(24)4-2/h4-6,14,16H,2-3,7-13,15H2,1H3. The third-order valence-electron chi connectivity index (χ3n) is 5.31. The fourth-order valence-electron chi connectivity index (χ4n) is 3.76. The molecule has 0 aliphatic carbocycles. The normalized spacial score (nSPS) is 17.6. The fraction of sp³-hybridized carbons (Fsp3) is 0.524. The van der Waals surface area contributed by atoms with E-state index in [0.717, 1.165) is 44.6 Å². The first-order chi connectivity index (χ1) is 12.6. The van der Waals surface area contributed by atoms with Gasteiger partial charge in [0.2, 0.25) is 11.8 Å². The van der Waals surface area contributed by atoms with Crippen molar-refractivity contribution < 1.29 is 14.3 Å². The summed E-state index contributed by atoms with van der Waals surface area (Å²) in [6.45, 7) is 9.08. The van der Waals surface area contributed by atoms with Gasteiger partial charge in [-0.05, 0) is 55.0 Å². The molecule has 2 heterocycles. The van der Waals surface area contributed by atoms with E-state index in [1.165, 1.54) is 17.2 Å². The number of hydrogen-bond donors (Lipinski definition) is 0. The zero-order valence-electron chi connectivity index (χ0n) is 15.6. The predicted molar refractivity (Wildman–Crippen MR) is 101 cm³/mol. The minimum absolute atomic E-state index is 0.0255. The number of ether oxygens (including phenoxy) is 1. The first kappa shape index (κ1) is 18.5. The van der Waals surface area contributed by atoms with Crippen molar-refractivity contribution >= 4 is 11.8 Å². The van der Waals surface area contributed by atoms with Gasteiger partial charge in [-0.25, -0.2) is 0 Å². The maximum Gasteiger partial charge on any atom is 0.245 e. The van der Waals surface area contributed by atoms with Crippen molar-refractivity contribution in [2.45, 2.75) is 39.2 Å². The summed E-state index contributed by atoms with van der Waals surface area (Å²) in [5, 5.41) is 0. The van der Waals surface area contributed by atoms with E-state index >= 15 is 0 Å². The number of carbonyl (C=O) groups excluding carboxylic acids is 2. The minimum Gasteiger partial charge on any atom is -0.494 e. The first-order valence-corrected chi connectivity index (χ1v) is 9.57. The highest BCUT2D eigenvalue weighted by Gasteiger charge is 2.31. The van der Waals surface area contributed by atoms with Gasteiger partial charge in [0, 0.05) is 32.1 Å². The van der Waals surface area contributed by atoms with E-state index < -0.39 is 0 Å². The molecule has 2 aliphatic rings. The van der Waals surface area contributed by atoms with E-state index in [-0.39, 0.29) is 17.7 Å². The summed E-state index contributed by atoms with van der Waals surface area (Å²) < 4.78 is 5.71. The lowest BCUT2D eigenvalue weighted by molar-refractivity contribution is -0.140. The highest BCUT2D eigenvalue weighted by atomic mass is 16.5. The number of carbonyl (C=O) groups is 2. The van der Waals surface area contributed by atoms with Crippen molar-refractivity contribution in [3.05, 3.63) is 42.0 Å². The molecule has 0 atom stereocenters. The summed E-state index contributed by atoms with van der Waals surface area (Å²) >= 11 is 0. The summed E-state index contributed by atoms with van der Waals surface area (Å²) in [4.78, 5) is 28.3. The van der Waals surface area contributed by atoms with Gasteiger partial charge in [0.1, 0.15) is 5.75 Å². The summed E-state index contributed by atoms with van der Waals surface area (Å²) in [7, 11) is 0. The molecule has 0 bridgehead atoms. The third kappa shape index (κ3) is 4.09. The Labute approximate surface area is 155 Å². The van der Waals surface area contributed by atoms with Gasteiger partial charge in [0.15, 0.2) is 0 Å². The van der Waals surface area contributed by atoms with Gasteiger partial charge in [-0.3, -0.25) is 9.59 Å². The molecule has 0 saturated carbocycles. The summed E-state index contributed by atoms with van der Waals surface area (Å²) in [6.07, 6.45) is 4.70. The maximum absolute atomic E-state index is 12.9. The first-order valence-electron chi connectivity index (χ1n) is 9.57. The lowest BCUT2D eigenvalue weighted by atomic mass is 9.93. The average Bonchev–Trinajstić information content (AvgIpc) is 2.70. The van der Waals surface area contributed by atoms with Crippen molar-refractivity contribution in [1.29, 1.82) is 0 Å². The third-order valence-corrected chi connectivity index (χ3v) is 5.31. The van der Waals surface area contributed by atoms with Gasteiger partial charge in [0.05, 0.1) is 6.61 Å².